The lowest BCUT2D eigenvalue weighted by Gasteiger charge is -2.26. The largest absolute Gasteiger partial charge is 0.296 e. The first-order chi connectivity index (χ1) is 10.9. The van der Waals surface area contributed by atoms with E-state index in [0.29, 0.717) is 0 Å². The number of rotatable bonds is 6. The van der Waals surface area contributed by atoms with E-state index in [1.54, 1.807) is 11.8 Å². The maximum absolute atomic E-state index is 4.46. The molecule has 1 aromatic carbocycles. The Morgan fingerprint density at radius 1 is 1.09 bits per heavy atom. The molecular formula is C17H22N4S. The van der Waals surface area contributed by atoms with Crippen molar-refractivity contribution in [3.8, 4) is 5.69 Å². The van der Waals surface area contributed by atoms with Gasteiger partial charge in [0.25, 0.3) is 0 Å². The number of aromatic nitrogens is 3. The minimum atomic E-state index is 0.842. The molecule has 1 fully saturated rings. The van der Waals surface area contributed by atoms with Crippen molar-refractivity contribution in [1.82, 2.24) is 19.7 Å². The minimum absolute atomic E-state index is 0.842. The predicted octanol–water partition coefficient (Wildman–Crippen LogP) is 3.53. The lowest BCUT2D eigenvalue weighted by atomic mass is 10.1. The Bertz CT molecular complexity index is 602. The quantitative estimate of drug-likeness (QED) is 0.603. The van der Waals surface area contributed by atoms with Crippen LogP contribution in [0.15, 0.2) is 48.1 Å². The molecule has 0 amide bonds. The van der Waals surface area contributed by atoms with Gasteiger partial charge in [0.15, 0.2) is 11.0 Å². The fraction of sp³-hybridized carbons (Fsp3) is 0.412. The summed E-state index contributed by atoms with van der Waals surface area (Å²) in [5.41, 5.74) is 1.13. The predicted molar refractivity (Wildman–Crippen MR) is 91.4 cm³/mol. The van der Waals surface area contributed by atoms with E-state index < -0.39 is 0 Å². The third-order valence-corrected chi connectivity index (χ3v) is 4.78. The zero-order valence-electron chi connectivity index (χ0n) is 12.8. The first kappa shape index (κ1) is 15.3. The number of hydrogen-bond acceptors (Lipinski definition) is 4. The van der Waals surface area contributed by atoms with Crippen LogP contribution in [0.25, 0.3) is 5.69 Å². The van der Waals surface area contributed by atoms with Crippen molar-refractivity contribution in [2.75, 3.05) is 18.8 Å². The van der Waals surface area contributed by atoms with Gasteiger partial charge < -0.3 is 0 Å². The molecule has 0 saturated carbocycles. The van der Waals surface area contributed by atoms with Gasteiger partial charge in [-0.25, -0.2) is 0 Å². The molecule has 0 atom stereocenters. The average Bonchev–Trinajstić information content (AvgIpc) is 2.97. The summed E-state index contributed by atoms with van der Waals surface area (Å²) >= 11 is 1.68. The Kier molecular flexibility index (Phi) is 5.29. The molecule has 4 nitrogen and oxygen atoms in total. The van der Waals surface area contributed by atoms with Crippen LogP contribution in [0.5, 0.6) is 0 Å². The molecule has 3 rings (SSSR count). The van der Waals surface area contributed by atoms with E-state index in [2.05, 4.69) is 50.5 Å². The van der Waals surface area contributed by atoms with Crippen LogP contribution < -0.4 is 0 Å². The van der Waals surface area contributed by atoms with Gasteiger partial charge in [-0.05, 0) is 38.1 Å². The van der Waals surface area contributed by atoms with Gasteiger partial charge >= 0.3 is 0 Å². The summed E-state index contributed by atoms with van der Waals surface area (Å²) in [4.78, 5) is 2.48. The van der Waals surface area contributed by atoms with Gasteiger partial charge in [0.2, 0.25) is 0 Å². The van der Waals surface area contributed by atoms with Gasteiger partial charge in [0.05, 0.1) is 6.54 Å². The van der Waals surface area contributed by atoms with Crippen LogP contribution in [0.4, 0.5) is 0 Å². The molecular weight excluding hydrogens is 292 g/mol. The number of benzene rings is 1. The van der Waals surface area contributed by atoms with Crippen LogP contribution in [-0.4, -0.2) is 38.5 Å². The summed E-state index contributed by atoms with van der Waals surface area (Å²) in [6, 6.07) is 10.4. The molecule has 0 spiro atoms. The lowest BCUT2D eigenvalue weighted by molar-refractivity contribution is 0.214. The molecule has 0 aliphatic carbocycles. The first-order valence-corrected chi connectivity index (χ1v) is 8.83. The van der Waals surface area contributed by atoms with Crippen LogP contribution in [0.3, 0.4) is 0 Å². The Balaban J connectivity index is 1.88. The van der Waals surface area contributed by atoms with Crippen LogP contribution in [0.1, 0.15) is 25.1 Å². The summed E-state index contributed by atoms with van der Waals surface area (Å²) < 4.78 is 2.18. The third-order valence-electron chi connectivity index (χ3n) is 3.86. The second-order valence-electron chi connectivity index (χ2n) is 5.51. The topological polar surface area (TPSA) is 34.0 Å². The summed E-state index contributed by atoms with van der Waals surface area (Å²) in [7, 11) is 0. The number of piperidine rings is 1. The molecule has 22 heavy (non-hydrogen) atoms. The Morgan fingerprint density at radius 2 is 1.86 bits per heavy atom. The summed E-state index contributed by atoms with van der Waals surface area (Å²) in [5, 5.41) is 9.80. The van der Waals surface area contributed by atoms with Crippen molar-refractivity contribution < 1.29 is 0 Å². The van der Waals surface area contributed by atoms with Gasteiger partial charge in [-0.15, -0.1) is 16.8 Å². The smallest absolute Gasteiger partial charge is 0.196 e. The molecule has 0 N–H and O–H groups in total. The molecule has 0 bridgehead atoms. The average molecular weight is 314 g/mol. The Labute approximate surface area is 136 Å². The molecule has 5 heteroatoms. The van der Waals surface area contributed by atoms with Crippen LogP contribution in [0, 0.1) is 0 Å². The fourth-order valence-corrected chi connectivity index (χ4v) is 3.49. The van der Waals surface area contributed by atoms with Crippen molar-refractivity contribution in [2.45, 2.75) is 31.0 Å². The molecule has 1 saturated heterocycles. The van der Waals surface area contributed by atoms with Gasteiger partial charge in [-0.3, -0.25) is 9.47 Å². The third kappa shape index (κ3) is 3.59. The SMILES string of the molecule is C=CCSc1nnc(CN2CCCCC2)n1-c1ccccc1. The summed E-state index contributed by atoms with van der Waals surface area (Å²) in [6.07, 6.45) is 5.83. The minimum Gasteiger partial charge on any atom is -0.296 e. The van der Waals surface area contributed by atoms with Crippen LogP contribution >= 0.6 is 11.8 Å². The molecule has 116 valence electrons. The van der Waals surface area contributed by atoms with E-state index in [0.717, 1.165) is 42.1 Å². The zero-order chi connectivity index (χ0) is 15.2. The van der Waals surface area contributed by atoms with Crippen molar-refractivity contribution in [1.29, 1.82) is 0 Å². The van der Waals surface area contributed by atoms with Gasteiger partial charge in [-0.2, -0.15) is 0 Å². The highest BCUT2D eigenvalue weighted by Crippen LogP contribution is 2.23. The number of hydrogen-bond donors (Lipinski definition) is 0. The van der Waals surface area contributed by atoms with E-state index >= 15 is 0 Å². The van der Waals surface area contributed by atoms with Gasteiger partial charge in [-0.1, -0.05) is 42.5 Å². The monoisotopic (exact) mass is 314 g/mol. The van der Waals surface area contributed by atoms with E-state index in [-0.39, 0.29) is 0 Å². The van der Waals surface area contributed by atoms with E-state index in [9.17, 15) is 0 Å². The molecule has 2 aromatic rings. The summed E-state index contributed by atoms with van der Waals surface area (Å²) in [6.45, 7) is 6.99. The molecule has 1 aliphatic heterocycles. The highest BCUT2D eigenvalue weighted by atomic mass is 32.2. The zero-order valence-corrected chi connectivity index (χ0v) is 13.6. The van der Waals surface area contributed by atoms with Gasteiger partial charge in [0.1, 0.15) is 0 Å². The van der Waals surface area contributed by atoms with Crippen LogP contribution in [0.2, 0.25) is 0 Å². The van der Waals surface area contributed by atoms with Crippen molar-refractivity contribution >= 4 is 11.8 Å². The molecule has 1 aliphatic rings. The highest BCUT2D eigenvalue weighted by Gasteiger charge is 2.18. The van der Waals surface area contributed by atoms with E-state index in [1.807, 2.05) is 12.1 Å². The van der Waals surface area contributed by atoms with Gasteiger partial charge in [0, 0.05) is 11.4 Å². The molecule has 0 radical (unpaired) electrons. The second-order valence-corrected chi connectivity index (χ2v) is 6.49. The molecule has 1 aromatic heterocycles. The standard InChI is InChI=1S/C17H22N4S/c1-2-13-22-17-19-18-16(14-20-11-7-4-8-12-20)21(17)15-9-5-3-6-10-15/h2-3,5-6,9-10H,1,4,7-8,11-14H2. The number of nitrogens with zero attached hydrogens (tertiary/aromatic N) is 4. The summed E-state index contributed by atoms with van der Waals surface area (Å²) in [5.74, 6) is 1.87. The molecule has 0 unspecified atom stereocenters. The van der Waals surface area contributed by atoms with Crippen molar-refractivity contribution in [3.05, 3.63) is 48.8 Å². The van der Waals surface area contributed by atoms with Crippen molar-refractivity contribution in [2.24, 2.45) is 0 Å². The lowest BCUT2D eigenvalue weighted by Crippen LogP contribution is -2.30. The number of thioether (sulfide) groups is 1. The first-order valence-electron chi connectivity index (χ1n) is 7.84. The van der Waals surface area contributed by atoms with Crippen LogP contribution in [-0.2, 0) is 6.54 Å². The maximum Gasteiger partial charge on any atom is 0.196 e. The Morgan fingerprint density at radius 3 is 2.59 bits per heavy atom. The molecule has 2 heterocycles. The second kappa shape index (κ2) is 7.61. The normalized spacial score (nSPS) is 15.8. The number of likely N-dealkylation sites (tertiary alicyclic amines) is 1. The van der Waals surface area contributed by atoms with E-state index in [1.165, 1.54) is 19.3 Å². The number of para-hydroxylation sites is 1. The highest BCUT2D eigenvalue weighted by molar-refractivity contribution is 7.99. The Hall–Kier alpha value is -1.59. The van der Waals surface area contributed by atoms with Crippen molar-refractivity contribution in [3.63, 3.8) is 0 Å². The fourth-order valence-electron chi connectivity index (χ4n) is 2.78. The maximum atomic E-state index is 4.46. The van der Waals surface area contributed by atoms with E-state index in [4.69, 9.17) is 0 Å².